The van der Waals surface area contributed by atoms with E-state index in [1.54, 1.807) is 6.92 Å². The first-order valence-corrected chi connectivity index (χ1v) is 4.47. The Balaban J connectivity index is 3.09. The van der Waals surface area contributed by atoms with Gasteiger partial charge in [0.25, 0.3) is 0 Å². The highest BCUT2D eigenvalue weighted by Crippen LogP contribution is 2.37. The Morgan fingerprint density at radius 1 is 1.50 bits per heavy atom. The van der Waals surface area contributed by atoms with Gasteiger partial charge in [-0.15, -0.1) is 0 Å². The number of phenolic OH excluding ortho intramolecular Hbond substituents is 2. The first-order valence-electron chi connectivity index (χ1n) is 4.09. The number of nitrogens with two attached hydrogens (primary N) is 1. The van der Waals surface area contributed by atoms with Crippen molar-refractivity contribution in [2.24, 2.45) is 5.90 Å². The second-order valence-electron chi connectivity index (χ2n) is 2.97. The van der Waals surface area contributed by atoms with Gasteiger partial charge in [0.1, 0.15) is 0 Å². The fourth-order valence-corrected chi connectivity index (χ4v) is 1.60. The summed E-state index contributed by atoms with van der Waals surface area (Å²) in [5.74, 6) is 4.37. The smallest absolute Gasteiger partial charge is 0.176 e. The van der Waals surface area contributed by atoms with Gasteiger partial charge in [-0.2, -0.15) is 0 Å². The van der Waals surface area contributed by atoms with Crippen molar-refractivity contribution in [1.82, 2.24) is 0 Å². The van der Waals surface area contributed by atoms with Gasteiger partial charge < -0.3 is 15.1 Å². The van der Waals surface area contributed by atoms with Crippen LogP contribution < -0.4 is 5.90 Å². The van der Waals surface area contributed by atoms with Gasteiger partial charge in [-0.3, -0.25) is 0 Å². The van der Waals surface area contributed by atoms with Crippen LogP contribution in [-0.2, 0) is 11.3 Å². The average molecular weight is 218 g/mol. The zero-order valence-electron chi connectivity index (χ0n) is 7.75. The normalized spacial score (nSPS) is 10.5. The van der Waals surface area contributed by atoms with Crippen LogP contribution in [0.4, 0.5) is 0 Å². The summed E-state index contributed by atoms with van der Waals surface area (Å²) in [6, 6.07) is 1.45. The van der Waals surface area contributed by atoms with E-state index >= 15 is 0 Å². The molecule has 1 rings (SSSR count). The van der Waals surface area contributed by atoms with Crippen LogP contribution in [0.2, 0.25) is 5.02 Å². The number of benzene rings is 1. The maximum absolute atomic E-state index is 9.36. The van der Waals surface area contributed by atoms with Gasteiger partial charge in [-0.1, -0.05) is 11.6 Å². The van der Waals surface area contributed by atoms with Gasteiger partial charge in [0.05, 0.1) is 11.6 Å². The molecule has 0 unspecified atom stereocenters. The highest BCUT2D eigenvalue weighted by molar-refractivity contribution is 6.33. The predicted octanol–water partition coefficient (Wildman–Crippen LogP) is 1.49. The quantitative estimate of drug-likeness (QED) is 0.530. The van der Waals surface area contributed by atoms with Gasteiger partial charge in [0.15, 0.2) is 11.5 Å². The number of hydrogen-bond donors (Lipinski definition) is 3. The van der Waals surface area contributed by atoms with Crippen LogP contribution in [0, 0.1) is 6.92 Å². The molecule has 1 aromatic carbocycles. The molecule has 0 amide bonds. The molecule has 4 nitrogen and oxygen atoms in total. The molecule has 0 aromatic heterocycles. The highest BCUT2D eigenvalue weighted by atomic mass is 35.5. The zero-order valence-corrected chi connectivity index (χ0v) is 8.51. The van der Waals surface area contributed by atoms with Crippen molar-refractivity contribution in [3.63, 3.8) is 0 Å². The number of phenols is 2. The summed E-state index contributed by atoms with van der Waals surface area (Å²) >= 11 is 5.83. The maximum atomic E-state index is 9.36. The number of rotatable bonds is 3. The molecule has 0 heterocycles. The Bertz CT molecular complexity index is 341. The fraction of sp³-hybridized carbons (Fsp3) is 0.333. The van der Waals surface area contributed by atoms with E-state index in [9.17, 15) is 10.2 Å². The SMILES string of the molecule is Cc1cc(O)c(O)c(Cl)c1CCON. The van der Waals surface area contributed by atoms with Crippen molar-refractivity contribution >= 4 is 11.6 Å². The molecule has 0 aliphatic rings. The van der Waals surface area contributed by atoms with E-state index in [2.05, 4.69) is 4.84 Å². The van der Waals surface area contributed by atoms with Gasteiger partial charge in [-0.05, 0) is 30.5 Å². The van der Waals surface area contributed by atoms with E-state index in [1.165, 1.54) is 6.07 Å². The van der Waals surface area contributed by atoms with Crippen LogP contribution in [0.3, 0.4) is 0 Å². The standard InChI is InChI=1S/C9H12ClNO3/c1-5-4-7(12)9(13)8(10)6(5)2-3-14-11/h4,12-13H,2-3,11H2,1H3. The summed E-state index contributed by atoms with van der Waals surface area (Å²) in [4.78, 5) is 4.42. The van der Waals surface area contributed by atoms with Crippen LogP contribution in [-0.4, -0.2) is 16.8 Å². The van der Waals surface area contributed by atoms with Crippen LogP contribution >= 0.6 is 11.6 Å². The lowest BCUT2D eigenvalue weighted by Crippen LogP contribution is -2.05. The molecule has 0 radical (unpaired) electrons. The molecule has 0 aliphatic heterocycles. The minimum atomic E-state index is -0.302. The third kappa shape index (κ3) is 2.09. The van der Waals surface area contributed by atoms with E-state index < -0.39 is 0 Å². The van der Waals surface area contributed by atoms with Crippen molar-refractivity contribution in [1.29, 1.82) is 0 Å². The fourth-order valence-electron chi connectivity index (χ4n) is 1.26. The summed E-state index contributed by atoms with van der Waals surface area (Å²) < 4.78 is 0. The monoisotopic (exact) mass is 217 g/mol. The first-order chi connectivity index (χ1) is 6.57. The van der Waals surface area contributed by atoms with Crippen LogP contribution in [0.25, 0.3) is 0 Å². The summed E-state index contributed by atoms with van der Waals surface area (Å²) in [6.45, 7) is 2.10. The van der Waals surface area contributed by atoms with Gasteiger partial charge in [-0.25, -0.2) is 5.90 Å². The van der Waals surface area contributed by atoms with E-state index in [0.29, 0.717) is 13.0 Å². The molecule has 0 bridgehead atoms. The molecular weight excluding hydrogens is 206 g/mol. The zero-order chi connectivity index (χ0) is 10.7. The second kappa shape index (κ2) is 4.50. The average Bonchev–Trinajstić information content (AvgIpc) is 2.14. The molecule has 4 N–H and O–H groups in total. The largest absolute Gasteiger partial charge is 0.504 e. The molecular formula is C9H12ClNO3. The minimum absolute atomic E-state index is 0.152. The van der Waals surface area contributed by atoms with Crippen LogP contribution in [0.15, 0.2) is 6.07 Å². The summed E-state index contributed by atoms with van der Waals surface area (Å²) in [7, 11) is 0. The molecule has 78 valence electrons. The Hall–Kier alpha value is -0.970. The lowest BCUT2D eigenvalue weighted by Gasteiger charge is -2.10. The van der Waals surface area contributed by atoms with Crippen molar-refractivity contribution in [2.75, 3.05) is 6.61 Å². The highest BCUT2D eigenvalue weighted by Gasteiger charge is 2.13. The molecule has 5 heteroatoms. The van der Waals surface area contributed by atoms with Crippen molar-refractivity contribution < 1.29 is 15.1 Å². The molecule has 0 aliphatic carbocycles. The summed E-state index contributed by atoms with van der Waals surface area (Å²) in [5, 5.41) is 18.7. The molecule has 1 aromatic rings. The van der Waals surface area contributed by atoms with E-state index in [1.807, 2.05) is 0 Å². The van der Waals surface area contributed by atoms with E-state index in [4.69, 9.17) is 17.5 Å². The Labute approximate surface area is 86.8 Å². The number of aromatic hydroxyl groups is 2. The first kappa shape index (κ1) is 11.1. The van der Waals surface area contributed by atoms with Crippen LogP contribution in [0.1, 0.15) is 11.1 Å². The van der Waals surface area contributed by atoms with E-state index in [0.717, 1.165) is 11.1 Å². The molecule has 0 saturated carbocycles. The van der Waals surface area contributed by atoms with E-state index in [-0.39, 0.29) is 16.5 Å². The Kier molecular flexibility index (Phi) is 3.57. The third-order valence-electron chi connectivity index (χ3n) is 2.01. The Morgan fingerprint density at radius 2 is 2.14 bits per heavy atom. The number of aryl methyl sites for hydroxylation is 1. The number of hydrogen-bond acceptors (Lipinski definition) is 4. The van der Waals surface area contributed by atoms with Gasteiger partial charge >= 0.3 is 0 Å². The second-order valence-corrected chi connectivity index (χ2v) is 3.35. The van der Waals surface area contributed by atoms with Crippen LogP contribution in [0.5, 0.6) is 11.5 Å². The lowest BCUT2D eigenvalue weighted by molar-refractivity contribution is 0.141. The minimum Gasteiger partial charge on any atom is -0.504 e. The lowest BCUT2D eigenvalue weighted by atomic mass is 10.0. The topological polar surface area (TPSA) is 75.7 Å². The number of halogens is 1. The molecule has 0 atom stereocenters. The molecule has 14 heavy (non-hydrogen) atoms. The summed E-state index contributed by atoms with van der Waals surface area (Å²) in [5.41, 5.74) is 1.52. The molecule has 0 spiro atoms. The predicted molar refractivity (Wildman–Crippen MR) is 53.4 cm³/mol. The Morgan fingerprint density at radius 3 is 2.71 bits per heavy atom. The summed E-state index contributed by atoms with van der Waals surface area (Å²) in [6.07, 6.45) is 0.495. The third-order valence-corrected chi connectivity index (χ3v) is 2.42. The van der Waals surface area contributed by atoms with Gasteiger partial charge in [0.2, 0.25) is 0 Å². The van der Waals surface area contributed by atoms with Crippen molar-refractivity contribution in [3.8, 4) is 11.5 Å². The molecule has 0 saturated heterocycles. The van der Waals surface area contributed by atoms with Crippen molar-refractivity contribution in [2.45, 2.75) is 13.3 Å². The maximum Gasteiger partial charge on any atom is 0.176 e. The van der Waals surface area contributed by atoms with Crippen molar-refractivity contribution in [3.05, 3.63) is 22.2 Å². The van der Waals surface area contributed by atoms with Gasteiger partial charge in [0, 0.05) is 0 Å². The molecule has 0 fully saturated rings.